The Labute approximate surface area is 201 Å². The fraction of sp³-hybridized carbons (Fsp3) is 0.222. The van der Waals surface area contributed by atoms with Crippen LogP contribution in [0.5, 0.6) is 0 Å². The second kappa shape index (κ2) is 9.68. The summed E-state index contributed by atoms with van der Waals surface area (Å²) in [5.41, 5.74) is 1.30. The van der Waals surface area contributed by atoms with Crippen LogP contribution < -0.4 is 11.2 Å². The van der Waals surface area contributed by atoms with E-state index in [2.05, 4.69) is 9.88 Å². The summed E-state index contributed by atoms with van der Waals surface area (Å²) < 4.78 is 14.3. The van der Waals surface area contributed by atoms with E-state index in [-0.39, 0.29) is 11.7 Å². The molecule has 1 fully saturated rings. The number of carbonyl (C=O) groups excluding carboxylic acids is 1. The van der Waals surface area contributed by atoms with Crippen molar-refractivity contribution in [3.63, 3.8) is 0 Å². The number of halogens is 1. The number of carbonyl (C=O) groups is 1. The van der Waals surface area contributed by atoms with Gasteiger partial charge in [0.05, 0.1) is 16.6 Å². The number of para-hydroxylation sites is 1. The number of H-pyrrole nitrogens is 1. The minimum atomic E-state index is -0.551. The maximum atomic E-state index is 13.2. The third kappa shape index (κ3) is 4.79. The topological polar surface area (TPSA) is 78.4 Å². The SMILES string of the molecule is O=C(c1ccc2c(=O)n(-c3ccccc3)c(=O)[nH]c2c1)N1CCCN(Cc2ccc(F)cc2)CC1. The highest BCUT2D eigenvalue weighted by atomic mass is 19.1. The molecule has 3 aromatic carbocycles. The maximum Gasteiger partial charge on any atom is 0.333 e. The normalized spacial score (nSPS) is 14.7. The summed E-state index contributed by atoms with van der Waals surface area (Å²) in [6, 6.07) is 20.0. The molecule has 0 bridgehead atoms. The first kappa shape index (κ1) is 22.7. The summed E-state index contributed by atoms with van der Waals surface area (Å²) in [5, 5.41) is 0.339. The van der Waals surface area contributed by atoms with E-state index in [1.165, 1.54) is 12.1 Å². The molecule has 35 heavy (non-hydrogen) atoms. The number of hydrogen-bond donors (Lipinski definition) is 1. The molecule has 0 unspecified atom stereocenters. The molecule has 1 N–H and O–H groups in total. The highest BCUT2D eigenvalue weighted by molar-refractivity contribution is 5.97. The van der Waals surface area contributed by atoms with Gasteiger partial charge in [-0.3, -0.25) is 14.5 Å². The van der Waals surface area contributed by atoms with Gasteiger partial charge in [-0.25, -0.2) is 13.8 Å². The van der Waals surface area contributed by atoms with Crippen LogP contribution in [0.4, 0.5) is 4.39 Å². The van der Waals surface area contributed by atoms with E-state index in [1.54, 1.807) is 59.5 Å². The standard InChI is InChI=1S/C27H25FN4O3/c28-21-10-7-19(8-11-21)18-30-13-4-14-31(16-15-30)25(33)20-9-12-23-24(17-20)29-27(35)32(26(23)34)22-5-2-1-3-6-22/h1-3,5-12,17H,4,13-16,18H2,(H,29,35). The average molecular weight is 473 g/mol. The predicted octanol–water partition coefficient (Wildman–Crippen LogP) is 3.17. The lowest BCUT2D eigenvalue weighted by molar-refractivity contribution is 0.0761. The number of hydrogen-bond acceptors (Lipinski definition) is 4. The molecular formula is C27H25FN4O3. The van der Waals surface area contributed by atoms with E-state index in [1.807, 2.05) is 6.07 Å². The Morgan fingerprint density at radius 2 is 1.66 bits per heavy atom. The summed E-state index contributed by atoms with van der Waals surface area (Å²) in [6.07, 6.45) is 0.819. The van der Waals surface area contributed by atoms with Gasteiger partial charge in [-0.15, -0.1) is 0 Å². The van der Waals surface area contributed by atoms with E-state index in [0.29, 0.717) is 48.3 Å². The van der Waals surface area contributed by atoms with Crippen LogP contribution in [-0.2, 0) is 6.54 Å². The Kier molecular flexibility index (Phi) is 6.29. The Morgan fingerprint density at radius 3 is 2.43 bits per heavy atom. The number of amides is 1. The zero-order valence-corrected chi connectivity index (χ0v) is 19.1. The number of rotatable bonds is 4. The number of nitrogens with one attached hydrogen (secondary N) is 1. The Morgan fingerprint density at radius 1 is 0.886 bits per heavy atom. The molecule has 1 amide bonds. The predicted molar refractivity (Wildman–Crippen MR) is 132 cm³/mol. The highest BCUT2D eigenvalue weighted by Crippen LogP contribution is 2.16. The fourth-order valence-electron chi connectivity index (χ4n) is 4.53. The van der Waals surface area contributed by atoms with Gasteiger partial charge in [0, 0.05) is 38.3 Å². The van der Waals surface area contributed by atoms with Crippen LogP contribution in [0.15, 0.2) is 82.4 Å². The molecule has 0 spiro atoms. The Bertz CT molecular complexity index is 1480. The largest absolute Gasteiger partial charge is 0.337 e. The second-order valence-corrected chi connectivity index (χ2v) is 8.71. The van der Waals surface area contributed by atoms with Crippen molar-refractivity contribution in [3.8, 4) is 5.69 Å². The fourth-order valence-corrected chi connectivity index (χ4v) is 4.53. The molecule has 0 aliphatic carbocycles. The lowest BCUT2D eigenvalue weighted by Gasteiger charge is -2.22. The molecule has 1 aliphatic heterocycles. The van der Waals surface area contributed by atoms with Gasteiger partial charge in [-0.2, -0.15) is 0 Å². The monoisotopic (exact) mass is 472 g/mol. The van der Waals surface area contributed by atoms with Gasteiger partial charge in [0.2, 0.25) is 0 Å². The van der Waals surface area contributed by atoms with Crippen molar-refractivity contribution in [1.82, 2.24) is 19.4 Å². The van der Waals surface area contributed by atoms with Gasteiger partial charge in [0.1, 0.15) is 5.82 Å². The van der Waals surface area contributed by atoms with Crippen LogP contribution in [-0.4, -0.2) is 51.4 Å². The zero-order valence-electron chi connectivity index (χ0n) is 19.1. The molecule has 1 aliphatic rings. The van der Waals surface area contributed by atoms with Crippen LogP contribution in [0.1, 0.15) is 22.3 Å². The first-order valence-electron chi connectivity index (χ1n) is 11.6. The molecule has 2 heterocycles. The van der Waals surface area contributed by atoms with Crippen molar-refractivity contribution < 1.29 is 9.18 Å². The molecule has 0 radical (unpaired) electrons. The van der Waals surface area contributed by atoms with Gasteiger partial charge in [-0.1, -0.05) is 30.3 Å². The smallest absolute Gasteiger partial charge is 0.333 e. The summed E-state index contributed by atoms with van der Waals surface area (Å²) in [7, 11) is 0. The molecular weight excluding hydrogens is 447 g/mol. The van der Waals surface area contributed by atoms with E-state index >= 15 is 0 Å². The van der Waals surface area contributed by atoms with Gasteiger partial charge in [0.15, 0.2) is 0 Å². The number of aromatic nitrogens is 2. The summed E-state index contributed by atoms with van der Waals surface area (Å²) in [4.78, 5) is 45.7. The van der Waals surface area contributed by atoms with E-state index in [9.17, 15) is 18.8 Å². The molecule has 5 rings (SSSR count). The maximum absolute atomic E-state index is 13.2. The van der Waals surface area contributed by atoms with E-state index in [0.717, 1.165) is 23.1 Å². The highest BCUT2D eigenvalue weighted by Gasteiger charge is 2.21. The quantitative estimate of drug-likeness (QED) is 0.495. The first-order chi connectivity index (χ1) is 17.0. The molecule has 1 saturated heterocycles. The molecule has 178 valence electrons. The van der Waals surface area contributed by atoms with Crippen LogP contribution in [0, 0.1) is 5.82 Å². The van der Waals surface area contributed by atoms with Crippen molar-refractivity contribution in [2.24, 2.45) is 0 Å². The van der Waals surface area contributed by atoms with Crippen molar-refractivity contribution in [2.75, 3.05) is 26.2 Å². The van der Waals surface area contributed by atoms with E-state index in [4.69, 9.17) is 0 Å². The van der Waals surface area contributed by atoms with Gasteiger partial charge >= 0.3 is 5.69 Å². The minimum absolute atomic E-state index is 0.136. The Balaban J connectivity index is 1.34. The number of benzene rings is 3. The van der Waals surface area contributed by atoms with Crippen molar-refractivity contribution in [1.29, 1.82) is 0 Å². The molecule has 7 nitrogen and oxygen atoms in total. The molecule has 0 atom stereocenters. The lowest BCUT2D eigenvalue weighted by Crippen LogP contribution is -2.35. The minimum Gasteiger partial charge on any atom is -0.337 e. The molecule has 4 aromatic rings. The summed E-state index contributed by atoms with van der Waals surface area (Å²) in [6.45, 7) is 3.42. The summed E-state index contributed by atoms with van der Waals surface area (Å²) >= 11 is 0. The van der Waals surface area contributed by atoms with Crippen molar-refractivity contribution in [2.45, 2.75) is 13.0 Å². The van der Waals surface area contributed by atoms with Gasteiger partial charge < -0.3 is 9.88 Å². The molecule has 8 heteroatoms. The number of aromatic amines is 1. The van der Waals surface area contributed by atoms with Crippen LogP contribution in [0.3, 0.4) is 0 Å². The average Bonchev–Trinajstić information content (AvgIpc) is 3.11. The van der Waals surface area contributed by atoms with Crippen molar-refractivity contribution >= 4 is 16.8 Å². The van der Waals surface area contributed by atoms with Crippen LogP contribution >= 0.6 is 0 Å². The third-order valence-corrected chi connectivity index (χ3v) is 6.35. The first-order valence-corrected chi connectivity index (χ1v) is 11.6. The summed E-state index contributed by atoms with van der Waals surface area (Å²) in [5.74, 6) is -0.388. The number of fused-ring (bicyclic) bond motifs is 1. The van der Waals surface area contributed by atoms with Gasteiger partial charge in [0.25, 0.3) is 11.5 Å². The van der Waals surface area contributed by atoms with Crippen molar-refractivity contribution in [3.05, 3.63) is 111 Å². The number of nitrogens with zero attached hydrogens (tertiary/aromatic N) is 3. The lowest BCUT2D eigenvalue weighted by atomic mass is 10.1. The van der Waals surface area contributed by atoms with E-state index < -0.39 is 11.2 Å². The van der Waals surface area contributed by atoms with Crippen LogP contribution in [0.2, 0.25) is 0 Å². The zero-order chi connectivity index (χ0) is 24.4. The Hall–Kier alpha value is -4.04. The van der Waals surface area contributed by atoms with Gasteiger partial charge in [-0.05, 0) is 54.4 Å². The molecule has 1 aromatic heterocycles. The van der Waals surface area contributed by atoms with Crippen LogP contribution in [0.25, 0.3) is 16.6 Å². The third-order valence-electron chi connectivity index (χ3n) is 6.35. The second-order valence-electron chi connectivity index (χ2n) is 8.71. The molecule has 0 saturated carbocycles.